The minimum absolute atomic E-state index is 0.274. The van der Waals surface area contributed by atoms with Crippen LogP contribution in [-0.2, 0) is 16.1 Å². The standard InChI is InChI=1S/C16H23NO3/c1-19-15-8-6-14(7-9-15)13-20-12-4-5-16(18)17-10-2-3-11-17/h6-9H,2-5,10-13H2,1H3. The molecule has 1 fully saturated rings. The van der Waals surface area contributed by atoms with Crippen LogP contribution in [-0.4, -0.2) is 37.6 Å². The van der Waals surface area contributed by atoms with Gasteiger partial charge in [-0.25, -0.2) is 0 Å². The fourth-order valence-corrected chi connectivity index (χ4v) is 2.36. The van der Waals surface area contributed by atoms with E-state index in [0.29, 0.717) is 19.6 Å². The van der Waals surface area contributed by atoms with Crippen molar-refractivity contribution in [2.75, 3.05) is 26.8 Å². The molecule has 0 radical (unpaired) electrons. The third-order valence-corrected chi connectivity index (χ3v) is 3.57. The highest BCUT2D eigenvalue weighted by Crippen LogP contribution is 2.12. The zero-order valence-electron chi connectivity index (χ0n) is 12.1. The molecule has 0 atom stereocenters. The van der Waals surface area contributed by atoms with Gasteiger partial charge in [-0.15, -0.1) is 0 Å². The second kappa shape index (κ2) is 7.90. The van der Waals surface area contributed by atoms with Gasteiger partial charge in [0.1, 0.15) is 5.75 Å². The quantitative estimate of drug-likeness (QED) is 0.719. The Labute approximate surface area is 120 Å². The third-order valence-electron chi connectivity index (χ3n) is 3.57. The van der Waals surface area contributed by atoms with Crippen LogP contribution in [0.15, 0.2) is 24.3 Å². The van der Waals surface area contributed by atoms with Crippen LogP contribution in [0.3, 0.4) is 0 Å². The van der Waals surface area contributed by atoms with E-state index in [9.17, 15) is 4.79 Å². The molecular weight excluding hydrogens is 254 g/mol. The maximum atomic E-state index is 11.8. The van der Waals surface area contributed by atoms with Gasteiger partial charge in [0, 0.05) is 26.1 Å². The Morgan fingerprint density at radius 2 is 1.90 bits per heavy atom. The number of carbonyl (C=O) groups is 1. The molecule has 0 bridgehead atoms. The largest absolute Gasteiger partial charge is 0.497 e. The van der Waals surface area contributed by atoms with Gasteiger partial charge in [0.15, 0.2) is 0 Å². The molecular formula is C16H23NO3. The lowest BCUT2D eigenvalue weighted by molar-refractivity contribution is -0.130. The van der Waals surface area contributed by atoms with Crippen molar-refractivity contribution >= 4 is 5.91 Å². The molecule has 1 aliphatic rings. The molecule has 0 aliphatic carbocycles. The molecule has 2 rings (SSSR count). The Balaban J connectivity index is 1.57. The summed E-state index contributed by atoms with van der Waals surface area (Å²) < 4.78 is 10.7. The zero-order chi connectivity index (χ0) is 14.2. The predicted octanol–water partition coefficient (Wildman–Crippen LogP) is 2.61. The summed E-state index contributed by atoms with van der Waals surface area (Å²) in [6, 6.07) is 7.84. The molecule has 1 aromatic rings. The van der Waals surface area contributed by atoms with Crippen molar-refractivity contribution in [1.82, 2.24) is 4.90 Å². The Hall–Kier alpha value is -1.55. The van der Waals surface area contributed by atoms with Crippen LogP contribution in [0.2, 0.25) is 0 Å². The Kier molecular flexibility index (Phi) is 5.87. The number of amides is 1. The number of hydrogen-bond donors (Lipinski definition) is 0. The highest BCUT2D eigenvalue weighted by molar-refractivity contribution is 5.76. The topological polar surface area (TPSA) is 38.8 Å². The SMILES string of the molecule is COc1ccc(COCCCC(=O)N2CCCC2)cc1. The molecule has 0 aromatic heterocycles. The number of hydrogen-bond acceptors (Lipinski definition) is 3. The van der Waals surface area contributed by atoms with Crippen molar-refractivity contribution in [3.8, 4) is 5.75 Å². The Bertz CT molecular complexity index is 410. The molecule has 1 heterocycles. The third kappa shape index (κ3) is 4.53. The van der Waals surface area contributed by atoms with E-state index in [4.69, 9.17) is 9.47 Å². The maximum Gasteiger partial charge on any atom is 0.222 e. The Morgan fingerprint density at radius 3 is 2.55 bits per heavy atom. The van der Waals surface area contributed by atoms with Gasteiger partial charge in [0.2, 0.25) is 5.91 Å². The molecule has 1 aliphatic heterocycles. The second-order valence-corrected chi connectivity index (χ2v) is 5.09. The number of rotatable bonds is 7. The van der Waals surface area contributed by atoms with Crippen molar-refractivity contribution in [2.45, 2.75) is 32.3 Å². The van der Waals surface area contributed by atoms with Crippen LogP contribution < -0.4 is 4.74 Å². The summed E-state index contributed by atoms with van der Waals surface area (Å²) in [6.45, 7) is 3.09. The Morgan fingerprint density at radius 1 is 1.20 bits per heavy atom. The second-order valence-electron chi connectivity index (χ2n) is 5.09. The molecule has 0 spiro atoms. The number of carbonyl (C=O) groups excluding carboxylic acids is 1. The summed E-state index contributed by atoms with van der Waals surface area (Å²) in [4.78, 5) is 13.8. The lowest BCUT2D eigenvalue weighted by atomic mass is 10.2. The summed E-state index contributed by atoms with van der Waals surface area (Å²) in [5, 5.41) is 0. The average Bonchev–Trinajstić information content (AvgIpc) is 3.01. The van der Waals surface area contributed by atoms with Crippen LogP contribution in [0.4, 0.5) is 0 Å². The first-order chi connectivity index (χ1) is 9.79. The van der Waals surface area contributed by atoms with Gasteiger partial charge in [-0.2, -0.15) is 0 Å². The van der Waals surface area contributed by atoms with Crippen LogP contribution >= 0.6 is 0 Å². The number of ether oxygens (including phenoxy) is 2. The first kappa shape index (κ1) is 14.9. The van der Waals surface area contributed by atoms with E-state index < -0.39 is 0 Å². The summed E-state index contributed by atoms with van der Waals surface area (Å²) in [5.41, 5.74) is 1.12. The van der Waals surface area contributed by atoms with Crippen molar-refractivity contribution in [1.29, 1.82) is 0 Å². The van der Waals surface area contributed by atoms with Gasteiger partial charge in [-0.3, -0.25) is 4.79 Å². The van der Waals surface area contributed by atoms with Gasteiger partial charge in [-0.1, -0.05) is 12.1 Å². The fraction of sp³-hybridized carbons (Fsp3) is 0.562. The van der Waals surface area contributed by atoms with E-state index >= 15 is 0 Å². The monoisotopic (exact) mass is 277 g/mol. The molecule has 4 nitrogen and oxygen atoms in total. The number of likely N-dealkylation sites (tertiary alicyclic amines) is 1. The smallest absolute Gasteiger partial charge is 0.222 e. The summed E-state index contributed by atoms with van der Waals surface area (Å²) in [7, 11) is 1.66. The highest BCUT2D eigenvalue weighted by atomic mass is 16.5. The lowest BCUT2D eigenvalue weighted by Gasteiger charge is -2.14. The van der Waals surface area contributed by atoms with Crippen LogP contribution in [0.25, 0.3) is 0 Å². The van der Waals surface area contributed by atoms with Gasteiger partial charge in [0.25, 0.3) is 0 Å². The highest BCUT2D eigenvalue weighted by Gasteiger charge is 2.16. The molecule has 0 N–H and O–H groups in total. The van der Waals surface area contributed by atoms with Crippen molar-refractivity contribution in [2.24, 2.45) is 0 Å². The first-order valence-corrected chi connectivity index (χ1v) is 7.28. The molecule has 110 valence electrons. The fourth-order valence-electron chi connectivity index (χ4n) is 2.36. The van der Waals surface area contributed by atoms with Crippen LogP contribution in [0.1, 0.15) is 31.2 Å². The van der Waals surface area contributed by atoms with Gasteiger partial charge >= 0.3 is 0 Å². The van der Waals surface area contributed by atoms with Gasteiger partial charge in [0.05, 0.1) is 13.7 Å². The predicted molar refractivity (Wildman–Crippen MR) is 77.7 cm³/mol. The molecule has 20 heavy (non-hydrogen) atoms. The van der Waals surface area contributed by atoms with Crippen molar-refractivity contribution in [3.63, 3.8) is 0 Å². The maximum absolute atomic E-state index is 11.8. The van der Waals surface area contributed by atoms with Crippen LogP contribution in [0.5, 0.6) is 5.75 Å². The lowest BCUT2D eigenvalue weighted by Crippen LogP contribution is -2.27. The number of benzene rings is 1. The molecule has 0 saturated carbocycles. The minimum Gasteiger partial charge on any atom is -0.497 e. The molecule has 1 saturated heterocycles. The van der Waals surface area contributed by atoms with E-state index in [1.54, 1.807) is 7.11 Å². The van der Waals surface area contributed by atoms with Gasteiger partial charge in [-0.05, 0) is 37.0 Å². The van der Waals surface area contributed by atoms with E-state index in [1.165, 1.54) is 0 Å². The summed E-state index contributed by atoms with van der Waals surface area (Å²) in [6.07, 6.45) is 3.70. The van der Waals surface area contributed by atoms with Crippen molar-refractivity contribution in [3.05, 3.63) is 29.8 Å². The van der Waals surface area contributed by atoms with E-state index in [0.717, 1.165) is 43.7 Å². The van der Waals surface area contributed by atoms with Crippen LogP contribution in [0, 0.1) is 0 Å². The summed E-state index contributed by atoms with van der Waals surface area (Å²) >= 11 is 0. The number of methoxy groups -OCH3 is 1. The zero-order valence-corrected chi connectivity index (χ0v) is 12.1. The van der Waals surface area contributed by atoms with E-state index in [2.05, 4.69) is 0 Å². The van der Waals surface area contributed by atoms with E-state index in [1.807, 2.05) is 29.2 Å². The average molecular weight is 277 g/mol. The normalized spacial score (nSPS) is 14.6. The first-order valence-electron chi connectivity index (χ1n) is 7.28. The summed E-state index contributed by atoms with van der Waals surface area (Å²) in [5.74, 6) is 1.13. The van der Waals surface area contributed by atoms with Crippen molar-refractivity contribution < 1.29 is 14.3 Å². The van der Waals surface area contributed by atoms with E-state index in [-0.39, 0.29) is 5.91 Å². The molecule has 4 heteroatoms. The molecule has 0 unspecified atom stereocenters. The van der Waals surface area contributed by atoms with Gasteiger partial charge < -0.3 is 14.4 Å². The minimum atomic E-state index is 0.274. The number of nitrogens with zero attached hydrogens (tertiary/aromatic N) is 1. The molecule has 1 aromatic carbocycles. The molecule has 1 amide bonds.